The molecule has 2 aliphatic carbocycles. The zero-order valence-corrected chi connectivity index (χ0v) is 22.1. The number of alkyl halides is 1. The molecule has 2 fully saturated rings. The number of hydrogen-bond acceptors (Lipinski definition) is 6. The van der Waals surface area contributed by atoms with E-state index in [-0.39, 0.29) is 40.0 Å². The van der Waals surface area contributed by atoms with E-state index in [0.717, 1.165) is 56.5 Å². The van der Waals surface area contributed by atoms with E-state index >= 15 is 0 Å². The molecular formula is C30H32F2N6O2. The number of ketones is 2. The third-order valence-corrected chi connectivity index (χ3v) is 7.37. The summed E-state index contributed by atoms with van der Waals surface area (Å²) in [4.78, 5) is 32.0. The van der Waals surface area contributed by atoms with Crippen LogP contribution < -0.4 is 0 Å². The van der Waals surface area contributed by atoms with Crippen molar-refractivity contribution in [2.45, 2.75) is 63.7 Å². The van der Waals surface area contributed by atoms with Crippen molar-refractivity contribution in [1.29, 1.82) is 0 Å². The van der Waals surface area contributed by atoms with E-state index in [0.29, 0.717) is 18.1 Å². The van der Waals surface area contributed by atoms with Gasteiger partial charge in [-0.25, -0.2) is 23.7 Å². The summed E-state index contributed by atoms with van der Waals surface area (Å²) >= 11 is 0. The molecule has 2 aromatic carbocycles. The quantitative estimate of drug-likeness (QED) is 0.306. The van der Waals surface area contributed by atoms with Gasteiger partial charge < -0.3 is 0 Å². The van der Waals surface area contributed by atoms with Gasteiger partial charge in [0.2, 0.25) is 23.2 Å². The minimum atomic E-state index is -1.14. The molecule has 4 aliphatic rings. The van der Waals surface area contributed by atoms with Crippen molar-refractivity contribution in [3.05, 3.63) is 95.6 Å². The zero-order chi connectivity index (χ0) is 26.8. The van der Waals surface area contributed by atoms with Crippen LogP contribution in [0, 0.1) is 11.8 Å². The maximum absolute atomic E-state index is 14.1. The lowest BCUT2D eigenvalue weighted by Gasteiger charge is -2.11. The van der Waals surface area contributed by atoms with Crippen molar-refractivity contribution in [1.82, 2.24) is 29.5 Å². The summed E-state index contributed by atoms with van der Waals surface area (Å²) in [5, 5.41) is 8.48. The number of rotatable bonds is 5. The summed E-state index contributed by atoms with van der Waals surface area (Å²) in [6.45, 7) is 0.931. The van der Waals surface area contributed by atoms with Crippen molar-refractivity contribution in [3.8, 4) is 0 Å². The van der Waals surface area contributed by atoms with Crippen LogP contribution in [0.4, 0.5) is 9.09 Å². The van der Waals surface area contributed by atoms with Gasteiger partial charge in [-0.15, -0.1) is 10.2 Å². The predicted octanol–water partition coefficient (Wildman–Crippen LogP) is 5.53. The minimum Gasteiger partial charge on any atom is -0.290 e. The maximum Gasteiger partial charge on any atom is 0.217 e. The predicted molar refractivity (Wildman–Crippen MR) is 144 cm³/mol. The Bertz CT molecular complexity index is 1400. The second kappa shape index (κ2) is 12.0. The molecule has 0 amide bonds. The van der Waals surface area contributed by atoms with Crippen LogP contribution in [0.1, 0.15) is 89.2 Å². The molecule has 2 saturated carbocycles. The van der Waals surface area contributed by atoms with Gasteiger partial charge in [0.05, 0.1) is 6.04 Å². The molecule has 40 heavy (non-hydrogen) atoms. The zero-order valence-electron chi connectivity index (χ0n) is 22.1. The van der Waals surface area contributed by atoms with Gasteiger partial charge in [-0.2, -0.15) is 0 Å². The van der Waals surface area contributed by atoms with Crippen LogP contribution in [0.15, 0.2) is 66.7 Å². The highest BCUT2D eigenvalue weighted by atomic mass is 19.1. The Labute approximate surface area is 231 Å². The number of nitrogens with zero attached hydrogens (tertiary/aromatic N) is 6. The van der Waals surface area contributed by atoms with Gasteiger partial charge in [0.25, 0.3) is 0 Å². The Morgan fingerprint density at radius 3 is 1.88 bits per heavy atom. The van der Waals surface area contributed by atoms with Crippen LogP contribution in [-0.2, 0) is 13.0 Å². The third kappa shape index (κ3) is 6.05. The summed E-state index contributed by atoms with van der Waals surface area (Å²) in [5.74, 6) is 2.34. The van der Waals surface area contributed by atoms with Crippen LogP contribution in [-0.4, -0.2) is 41.1 Å². The van der Waals surface area contributed by atoms with Gasteiger partial charge in [-0.3, -0.25) is 14.3 Å². The van der Waals surface area contributed by atoms with E-state index in [9.17, 15) is 14.0 Å². The Hall–Kier alpha value is -4.08. The number of aromatic nitrogens is 6. The molecule has 0 unspecified atom stereocenters. The SMILES string of the molecule is F.O=C(c1nc2n(n1)CCC2)C1CC1.O=C(c1nc2n(n1)[C@H](c1ccccc1)C[C@@H]2F)C1CC1.c1ccccc1. The third-order valence-electron chi connectivity index (χ3n) is 7.37. The Morgan fingerprint density at radius 1 is 0.775 bits per heavy atom. The van der Waals surface area contributed by atoms with Crippen LogP contribution in [0.2, 0.25) is 0 Å². The Balaban J connectivity index is 0.000000138. The average Bonchev–Trinajstić information content (AvgIpc) is 3.85. The summed E-state index contributed by atoms with van der Waals surface area (Å²) in [7, 11) is 0. The fourth-order valence-electron chi connectivity index (χ4n) is 4.91. The standard InChI is InChI=1S/C15H14FN3O.C9H11N3O.C6H6.FH/c16-11-8-12(9-4-2-1-3-5-9)19-15(11)17-14(18-19)13(20)10-6-7-10;13-8(6-3-4-6)9-10-7-2-1-5-12(7)11-9;1-2-4-6-5-3-1;/h1-5,10-12H,6-8H2;6H,1-5H2;1-6H;1H/t11-,12-;;;/m0.../s1. The number of Topliss-reactive ketones (excluding diaryl/α,β-unsaturated/α-hetero) is 2. The van der Waals surface area contributed by atoms with E-state index in [4.69, 9.17) is 0 Å². The normalized spacial score (nSPS) is 20.1. The highest BCUT2D eigenvalue weighted by molar-refractivity contribution is 5.96. The number of halogens is 2. The van der Waals surface area contributed by atoms with Gasteiger partial charge >= 0.3 is 0 Å². The Morgan fingerprint density at radius 2 is 1.32 bits per heavy atom. The minimum absolute atomic E-state index is 0. The molecule has 2 atom stereocenters. The monoisotopic (exact) mass is 546 g/mol. The van der Waals surface area contributed by atoms with E-state index in [1.54, 1.807) is 4.68 Å². The Kier molecular flexibility index (Phi) is 8.23. The molecule has 0 N–H and O–H groups in total. The van der Waals surface area contributed by atoms with E-state index in [2.05, 4.69) is 20.2 Å². The second-order valence-electron chi connectivity index (χ2n) is 10.5. The maximum atomic E-state index is 14.1. The van der Waals surface area contributed by atoms with Crippen molar-refractivity contribution >= 4 is 11.6 Å². The van der Waals surface area contributed by atoms with Gasteiger partial charge in [0.1, 0.15) is 5.82 Å². The van der Waals surface area contributed by atoms with Crippen molar-refractivity contribution in [3.63, 3.8) is 0 Å². The molecule has 4 heterocycles. The summed E-state index contributed by atoms with van der Waals surface area (Å²) in [6, 6.07) is 21.5. The number of fused-ring (bicyclic) bond motifs is 2. The number of carbonyl (C=O) groups is 2. The molecule has 2 aromatic heterocycles. The molecule has 8 rings (SSSR count). The lowest BCUT2D eigenvalue weighted by Crippen LogP contribution is -2.10. The van der Waals surface area contributed by atoms with Crippen LogP contribution >= 0.6 is 0 Å². The van der Waals surface area contributed by atoms with Crippen LogP contribution in [0.5, 0.6) is 0 Å². The molecule has 0 spiro atoms. The van der Waals surface area contributed by atoms with Crippen molar-refractivity contribution in [2.24, 2.45) is 11.8 Å². The van der Waals surface area contributed by atoms with E-state index in [1.807, 2.05) is 71.4 Å². The first-order chi connectivity index (χ1) is 19.1. The van der Waals surface area contributed by atoms with Crippen molar-refractivity contribution < 1.29 is 18.7 Å². The van der Waals surface area contributed by atoms with Gasteiger partial charge in [-0.1, -0.05) is 66.7 Å². The van der Waals surface area contributed by atoms with Crippen LogP contribution in [0.3, 0.4) is 0 Å². The smallest absolute Gasteiger partial charge is 0.217 e. The molecule has 2 aliphatic heterocycles. The summed E-state index contributed by atoms with van der Waals surface area (Å²) in [5.41, 5.74) is 1.00. The first-order valence-corrected chi connectivity index (χ1v) is 13.8. The molecule has 208 valence electrons. The molecule has 10 heteroatoms. The topological polar surface area (TPSA) is 95.6 Å². The number of carbonyl (C=O) groups excluding carboxylic acids is 2. The molecule has 0 bridgehead atoms. The van der Waals surface area contributed by atoms with Gasteiger partial charge in [0.15, 0.2) is 12.0 Å². The largest absolute Gasteiger partial charge is 0.290 e. The number of benzene rings is 2. The fourth-order valence-corrected chi connectivity index (χ4v) is 4.91. The molecule has 0 saturated heterocycles. The van der Waals surface area contributed by atoms with Crippen LogP contribution in [0.25, 0.3) is 0 Å². The van der Waals surface area contributed by atoms with E-state index in [1.165, 1.54) is 0 Å². The van der Waals surface area contributed by atoms with Gasteiger partial charge in [0, 0.05) is 31.2 Å². The summed E-state index contributed by atoms with van der Waals surface area (Å²) < 4.78 is 17.6. The molecule has 4 aromatic rings. The lowest BCUT2D eigenvalue weighted by molar-refractivity contribution is 0.0949. The lowest BCUT2D eigenvalue weighted by atomic mass is 10.0. The summed E-state index contributed by atoms with van der Waals surface area (Å²) in [6.07, 6.45) is 5.17. The highest BCUT2D eigenvalue weighted by Crippen LogP contribution is 2.40. The first-order valence-electron chi connectivity index (χ1n) is 13.8. The van der Waals surface area contributed by atoms with Gasteiger partial charge in [-0.05, 0) is 37.7 Å². The molecular weight excluding hydrogens is 514 g/mol. The average molecular weight is 547 g/mol. The fraction of sp³-hybridized carbons (Fsp3) is 0.400. The van der Waals surface area contributed by atoms with Crippen molar-refractivity contribution in [2.75, 3.05) is 0 Å². The molecule has 0 radical (unpaired) electrons. The molecule has 8 nitrogen and oxygen atoms in total. The second-order valence-corrected chi connectivity index (χ2v) is 10.5. The highest BCUT2D eigenvalue weighted by Gasteiger charge is 2.39. The first kappa shape index (κ1) is 27.5. The number of aryl methyl sites for hydroxylation is 2. The number of hydrogen-bond donors (Lipinski definition) is 0. The van der Waals surface area contributed by atoms with E-state index < -0.39 is 6.17 Å².